The van der Waals surface area contributed by atoms with E-state index in [4.69, 9.17) is 5.11 Å². The number of carboxylic acid groups (broad SMARTS) is 1. The minimum Gasteiger partial charge on any atom is -0.481 e. The number of rotatable bonds is 3. The van der Waals surface area contributed by atoms with E-state index >= 15 is 0 Å². The van der Waals surface area contributed by atoms with Gasteiger partial charge in [-0.25, -0.2) is 4.39 Å². The van der Waals surface area contributed by atoms with Crippen molar-refractivity contribution in [1.82, 2.24) is 5.32 Å². The summed E-state index contributed by atoms with van der Waals surface area (Å²) in [7, 11) is 0. The van der Waals surface area contributed by atoms with E-state index in [-0.39, 0.29) is 11.9 Å². The number of hydrogen-bond donors (Lipinski definition) is 2. The summed E-state index contributed by atoms with van der Waals surface area (Å²) in [5.41, 5.74) is 1.78. The monoisotopic (exact) mass is 265 g/mol. The average molecular weight is 265 g/mol. The van der Waals surface area contributed by atoms with Gasteiger partial charge in [-0.1, -0.05) is 6.07 Å². The number of hydrogen-bond acceptors (Lipinski definition) is 2. The van der Waals surface area contributed by atoms with Gasteiger partial charge >= 0.3 is 5.97 Å². The predicted molar refractivity (Wildman–Crippen MR) is 67.0 cm³/mol. The molecule has 0 saturated carbocycles. The second kappa shape index (κ2) is 5.38. The Balaban J connectivity index is 2.16. The van der Waals surface area contributed by atoms with Crippen LogP contribution in [0.4, 0.5) is 4.39 Å². The molecule has 0 bridgehead atoms. The Morgan fingerprint density at radius 2 is 2.21 bits per heavy atom. The molecule has 4 nitrogen and oxygen atoms in total. The number of benzene rings is 1. The van der Waals surface area contributed by atoms with Crippen molar-refractivity contribution in [3.8, 4) is 0 Å². The summed E-state index contributed by atoms with van der Waals surface area (Å²) in [6, 6.07) is 4.29. The number of carbonyl (C=O) groups is 2. The maximum atomic E-state index is 13.2. The van der Waals surface area contributed by atoms with Crippen LogP contribution < -0.4 is 5.32 Å². The first-order chi connectivity index (χ1) is 8.99. The predicted octanol–water partition coefficient (Wildman–Crippen LogP) is 2.04. The molecule has 1 amide bonds. The van der Waals surface area contributed by atoms with E-state index in [1.54, 1.807) is 6.07 Å². The van der Waals surface area contributed by atoms with E-state index in [1.807, 2.05) is 0 Å². The van der Waals surface area contributed by atoms with Crippen LogP contribution in [-0.4, -0.2) is 17.0 Å². The normalized spacial score (nSPS) is 19.4. The minimum absolute atomic E-state index is 0.223. The van der Waals surface area contributed by atoms with Crippen molar-refractivity contribution in [3.05, 3.63) is 35.1 Å². The molecule has 2 atom stereocenters. The lowest BCUT2D eigenvalue weighted by atomic mass is 9.87. The zero-order chi connectivity index (χ0) is 14.0. The Morgan fingerprint density at radius 3 is 2.89 bits per heavy atom. The summed E-state index contributed by atoms with van der Waals surface area (Å²) < 4.78 is 13.2. The highest BCUT2D eigenvalue weighted by Gasteiger charge is 2.26. The molecule has 0 radical (unpaired) electrons. The molecule has 0 heterocycles. The third kappa shape index (κ3) is 2.92. The number of carbonyl (C=O) groups excluding carboxylic acids is 1. The second-order valence-corrected chi connectivity index (χ2v) is 4.86. The number of aliphatic carboxylic acids is 1. The molecule has 2 unspecified atom stereocenters. The van der Waals surface area contributed by atoms with Crippen LogP contribution in [0.15, 0.2) is 18.2 Å². The molecule has 2 N–H and O–H groups in total. The van der Waals surface area contributed by atoms with Crippen molar-refractivity contribution in [2.45, 2.75) is 32.2 Å². The largest absolute Gasteiger partial charge is 0.481 e. The highest BCUT2D eigenvalue weighted by atomic mass is 19.1. The molecule has 0 spiro atoms. The van der Waals surface area contributed by atoms with Gasteiger partial charge < -0.3 is 10.4 Å². The Morgan fingerprint density at radius 1 is 1.47 bits per heavy atom. The number of halogens is 1. The SMILES string of the molecule is CC(C(=O)O)C(=O)NC1CCCc2cc(F)ccc21. The first-order valence-electron chi connectivity index (χ1n) is 6.30. The maximum Gasteiger partial charge on any atom is 0.315 e. The third-order valence-corrected chi connectivity index (χ3v) is 3.50. The van der Waals surface area contributed by atoms with Gasteiger partial charge in [0.15, 0.2) is 0 Å². The van der Waals surface area contributed by atoms with Crippen LogP contribution in [0.5, 0.6) is 0 Å². The number of amides is 1. The molecule has 1 aliphatic carbocycles. The van der Waals surface area contributed by atoms with E-state index in [9.17, 15) is 14.0 Å². The lowest BCUT2D eigenvalue weighted by Gasteiger charge is -2.27. The number of carboxylic acids is 1. The zero-order valence-electron chi connectivity index (χ0n) is 10.6. The number of aryl methyl sites for hydroxylation is 1. The third-order valence-electron chi connectivity index (χ3n) is 3.50. The molecule has 2 rings (SSSR count). The van der Waals surface area contributed by atoms with Crippen LogP contribution in [0, 0.1) is 11.7 Å². The van der Waals surface area contributed by atoms with Crippen LogP contribution in [-0.2, 0) is 16.0 Å². The molecular weight excluding hydrogens is 249 g/mol. The van der Waals surface area contributed by atoms with Crippen molar-refractivity contribution in [3.63, 3.8) is 0 Å². The molecule has 102 valence electrons. The topological polar surface area (TPSA) is 66.4 Å². The van der Waals surface area contributed by atoms with Gasteiger partial charge in [-0.2, -0.15) is 0 Å². The first kappa shape index (κ1) is 13.5. The molecule has 5 heteroatoms. The van der Waals surface area contributed by atoms with Gasteiger partial charge in [-0.3, -0.25) is 9.59 Å². The summed E-state index contributed by atoms with van der Waals surface area (Å²) in [6.45, 7) is 1.35. The van der Waals surface area contributed by atoms with Crippen LogP contribution in [0.2, 0.25) is 0 Å². The van der Waals surface area contributed by atoms with Crippen LogP contribution >= 0.6 is 0 Å². The summed E-state index contributed by atoms with van der Waals surface area (Å²) in [4.78, 5) is 22.5. The molecule has 1 aromatic rings. The van der Waals surface area contributed by atoms with E-state index in [0.717, 1.165) is 30.4 Å². The van der Waals surface area contributed by atoms with Crippen molar-refractivity contribution in [2.75, 3.05) is 0 Å². The van der Waals surface area contributed by atoms with Gasteiger partial charge in [0, 0.05) is 0 Å². The van der Waals surface area contributed by atoms with Crippen LogP contribution in [0.1, 0.15) is 36.9 Å². The summed E-state index contributed by atoms with van der Waals surface area (Å²) in [5.74, 6) is -3.02. The molecule has 0 fully saturated rings. The Labute approximate surface area is 110 Å². The molecule has 0 aromatic heterocycles. The standard InChI is InChI=1S/C14H16FNO3/c1-8(14(18)19)13(17)16-12-4-2-3-9-7-10(15)5-6-11(9)12/h5-8,12H,2-4H2,1H3,(H,16,17)(H,18,19). The first-order valence-corrected chi connectivity index (χ1v) is 6.30. The second-order valence-electron chi connectivity index (χ2n) is 4.86. The maximum absolute atomic E-state index is 13.2. The van der Waals surface area contributed by atoms with E-state index in [0.29, 0.717) is 0 Å². The van der Waals surface area contributed by atoms with E-state index in [1.165, 1.54) is 19.1 Å². The van der Waals surface area contributed by atoms with Gasteiger partial charge in [0.2, 0.25) is 5.91 Å². The molecular formula is C14H16FNO3. The van der Waals surface area contributed by atoms with Gasteiger partial charge in [0.25, 0.3) is 0 Å². The summed E-state index contributed by atoms with van der Waals surface area (Å²) in [6.07, 6.45) is 2.38. The zero-order valence-corrected chi connectivity index (χ0v) is 10.6. The van der Waals surface area contributed by atoms with Crippen LogP contribution in [0.25, 0.3) is 0 Å². The average Bonchev–Trinajstić information content (AvgIpc) is 2.37. The molecule has 0 aliphatic heterocycles. The fourth-order valence-electron chi connectivity index (χ4n) is 2.34. The van der Waals surface area contributed by atoms with Crippen molar-refractivity contribution < 1.29 is 19.1 Å². The molecule has 0 saturated heterocycles. The summed E-state index contributed by atoms with van der Waals surface area (Å²) >= 11 is 0. The molecule has 1 aliphatic rings. The van der Waals surface area contributed by atoms with Crippen molar-refractivity contribution in [2.24, 2.45) is 5.92 Å². The number of fused-ring (bicyclic) bond motifs is 1. The van der Waals surface area contributed by atoms with Gasteiger partial charge in [0.05, 0.1) is 6.04 Å². The Hall–Kier alpha value is -1.91. The smallest absolute Gasteiger partial charge is 0.315 e. The lowest BCUT2D eigenvalue weighted by molar-refractivity contribution is -0.146. The highest BCUT2D eigenvalue weighted by Crippen LogP contribution is 2.30. The highest BCUT2D eigenvalue weighted by molar-refractivity contribution is 5.96. The van der Waals surface area contributed by atoms with E-state index in [2.05, 4.69) is 5.32 Å². The van der Waals surface area contributed by atoms with Gasteiger partial charge in [-0.15, -0.1) is 0 Å². The van der Waals surface area contributed by atoms with E-state index < -0.39 is 17.8 Å². The van der Waals surface area contributed by atoms with Crippen molar-refractivity contribution >= 4 is 11.9 Å². The van der Waals surface area contributed by atoms with Gasteiger partial charge in [-0.05, 0) is 49.4 Å². The molecule has 1 aromatic carbocycles. The minimum atomic E-state index is -1.15. The van der Waals surface area contributed by atoms with Gasteiger partial charge in [0.1, 0.15) is 11.7 Å². The van der Waals surface area contributed by atoms with Crippen molar-refractivity contribution in [1.29, 1.82) is 0 Å². The Bertz CT molecular complexity index is 515. The number of nitrogens with one attached hydrogen (secondary N) is 1. The Kier molecular flexibility index (Phi) is 3.83. The van der Waals surface area contributed by atoms with Crippen LogP contribution in [0.3, 0.4) is 0 Å². The quantitative estimate of drug-likeness (QED) is 0.822. The summed E-state index contributed by atoms with van der Waals surface area (Å²) in [5, 5.41) is 11.5. The molecule has 19 heavy (non-hydrogen) atoms. The fourth-order valence-corrected chi connectivity index (χ4v) is 2.34. The fraction of sp³-hybridized carbons (Fsp3) is 0.429. The lowest BCUT2D eigenvalue weighted by Crippen LogP contribution is -2.37.